The largest absolute Gasteiger partial charge is 0.413 e. The molecule has 0 saturated heterocycles. The predicted octanol–water partition coefficient (Wildman–Crippen LogP) is 3.49. The van der Waals surface area contributed by atoms with E-state index in [0.717, 1.165) is 16.7 Å². The first-order valence-electron chi connectivity index (χ1n) is 6.61. The van der Waals surface area contributed by atoms with Crippen molar-refractivity contribution in [1.82, 2.24) is 14.5 Å². The van der Waals surface area contributed by atoms with Crippen LogP contribution >= 0.6 is 0 Å². The van der Waals surface area contributed by atoms with Gasteiger partial charge < -0.3 is 8.99 Å². The van der Waals surface area contributed by atoms with Gasteiger partial charge in [-0.2, -0.15) is 0 Å². The molecule has 0 amide bonds. The maximum atomic E-state index is 6.20. The van der Waals surface area contributed by atoms with Crippen LogP contribution in [0.5, 0.6) is 0 Å². The number of nitrogens with zero attached hydrogens (tertiary/aromatic N) is 3. The summed E-state index contributed by atoms with van der Waals surface area (Å²) >= 11 is 0. The van der Waals surface area contributed by atoms with Crippen LogP contribution in [0.4, 0.5) is 0 Å². The Morgan fingerprint density at radius 1 is 1.26 bits per heavy atom. The van der Waals surface area contributed by atoms with Crippen molar-refractivity contribution in [3.63, 3.8) is 0 Å². The van der Waals surface area contributed by atoms with Gasteiger partial charge in [0.15, 0.2) is 14.0 Å². The number of rotatable bonds is 3. The Balaban J connectivity index is 2.14. The van der Waals surface area contributed by atoms with E-state index < -0.39 is 8.32 Å². The fourth-order valence-electron chi connectivity index (χ4n) is 1.62. The summed E-state index contributed by atoms with van der Waals surface area (Å²) in [6.45, 7) is 11.9. The van der Waals surface area contributed by atoms with Crippen molar-refractivity contribution in [1.29, 1.82) is 0 Å². The van der Waals surface area contributed by atoms with E-state index in [1.165, 1.54) is 0 Å². The fraction of sp³-hybridized carbons (Fsp3) is 0.571. The van der Waals surface area contributed by atoms with Gasteiger partial charge in [0, 0.05) is 13.2 Å². The van der Waals surface area contributed by atoms with Crippen LogP contribution in [0.2, 0.25) is 18.1 Å². The van der Waals surface area contributed by atoms with E-state index in [9.17, 15) is 0 Å². The topological polar surface area (TPSA) is 39.9 Å². The maximum absolute atomic E-state index is 6.20. The quantitative estimate of drug-likeness (QED) is 0.806. The minimum Gasteiger partial charge on any atom is -0.413 e. The van der Waals surface area contributed by atoms with Crippen LogP contribution in [0, 0.1) is 0 Å². The van der Waals surface area contributed by atoms with Gasteiger partial charge in [-0.05, 0) is 29.8 Å². The minimum atomic E-state index is -1.70. The molecular weight excluding hydrogens is 254 g/mol. The van der Waals surface area contributed by atoms with Crippen molar-refractivity contribution in [3.8, 4) is 0 Å². The molecule has 0 N–H and O–H groups in total. The number of aromatic nitrogens is 3. The van der Waals surface area contributed by atoms with Gasteiger partial charge in [0.1, 0.15) is 5.52 Å². The van der Waals surface area contributed by atoms with Gasteiger partial charge in [0.05, 0.1) is 12.9 Å². The molecule has 104 valence electrons. The van der Waals surface area contributed by atoms with Gasteiger partial charge in [0.2, 0.25) is 0 Å². The smallest absolute Gasteiger partial charge is 0.192 e. The summed E-state index contributed by atoms with van der Waals surface area (Å²) in [5.74, 6) is 0. The molecule has 0 spiro atoms. The van der Waals surface area contributed by atoms with Gasteiger partial charge in [0.25, 0.3) is 0 Å². The molecule has 0 aliphatic rings. The Morgan fingerprint density at radius 2 is 1.95 bits per heavy atom. The van der Waals surface area contributed by atoms with Crippen molar-refractivity contribution in [2.75, 3.05) is 0 Å². The fourth-order valence-corrected chi connectivity index (χ4v) is 2.58. The van der Waals surface area contributed by atoms with Gasteiger partial charge >= 0.3 is 0 Å². The molecule has 0 atom stereocenters. The van der Waals surface area contributed by atoms with E-state index in [1.54, 1.807) is 6.33 Å². The van der Waals surface area contributed by atoms with Crippen LogP contribution in [-0.4, -0.2) is 22.9 Å². The molecule has 0 aliphatic carbocycles. The summed E-state index contributed by atoms with van der Waals surface area (Å²) in [5.41, 5.74) is 2.94. The van der Waals surface area contributed by atoms with Crippen LogP contribution in [0.3, 0.4) is 0 Å². The van der Waals surface area contributed by atoms with Crippen molar-refractivity contribution >= 4 is 19.5 Å². The van der Waals surface area contributed by atoms with E-state index in [0.29, 0.717) is 6.61 Å². The lowest BCUT2D eigenvalue weighted by Crippen LogP contribution is -2.40. The first-order valence-corrected chi connectivity index (χ1v) is 9.51. The molecule has 0 saturated carbocycles. The van der Waals surface area contributed by atoms with E-state index in [-0.39, 0.29) is 5.04 Å². The van der Waals surface area contributed by atoms with E-state index in [2.05, 4.69) is 49.9 Å². The highest BCUT2D eigenvalue weighted by Gasteiger charge is 2.37. The summed E-state index contributed by atoms with van der Waals surface area (Å²) < 4.78 is 8.12. The van der Waals surface area contributed by atoms with E-state index in [1.807, 2.05) is 17.8 Å². The molecule has 19 heavy (non-hydrogen) atoms. The second kappa shape index (κ2) is 4.72. The third-order valence-electron chi connectivity index (χ3n) is 4.01. The maximum Gasteiger partial charge on any atom is 0.192 e. The molecule has 2 heterocycles. The van der Waals surface area contributed by atoms with E-state index in [4.69, 9.17) is 4.43 Å². The second-order valence-corrected chi connectivity index (χ2v) is 11.4. The van der Waals surface area contributed by atoms with Crippen LogP contribution in [0.15, 0.2) is 18.6 Å². The minimum absolute atomic E-state index is 0.232. The van der Waals surface area contributed by atoms with Gasteiger partial charge in [-0.15, -0.1) is 0 Å². The number of fused-ring (bicyclic) bond motifs is 1. The van der Waals surface area contributed by atoms with Crippen LogP contribution in [-0.2, 0) is 18.1 Å². The Hall–Kier alpha value is -1.20. The van der Waals surface area contributed by atoms with Crippen molar-refractivity contribution in [2.24, 2.45) is 7.05 Å². The van der Waals surface area contributed by atoms with Crippen molar-refractivity contribution in [3.05, 3.63) is 24.2 Å². The first kappa shape index (κ1) is 14.2. The highest BCUT2D eigenvalue weighted by Crippen LogP contribution is 2.37. The molecule has 0 aromatic carbocycles. The average molecular weight is 277 g/mol. The van der Waals surface area contributed by atoms with E-state index >= 15 is 0 Å². The first-order chi connectivity index (χ1) is 8.71. The van der Waals surface area contributed by atoms with Gasteiger partial charge in [-0.25, -0.2) is 9.97 Å². The van der Waals surface area contributed by atoms with Gasteiger partial charge in [-0.1, -0.05) is 20.8 Å². The van der Waals surface area contributed by atoms with Crippen LogP contribution in [0.1, 0.15) is 26.3 Å². The molecule has 0 fully saturated rings. The molecule has 4 nitrogen and oxygen atoms in total. The van der Waals surface area contributed by atoms with Crippen LogP contribution < -0.4 is 0 Å². The Morgan fingerprint density at radius 3 is 2.58 bits per heavy atom. The average Bonchev–Trinajstić information content (AvgIpc) is 2.67. The Labute approximate surface area is 116 Å². The number of pyridine rings is 1. The monoisotopic (exact) mass is 277 g/mol. The number of hydrogen-bond acceptors (Lipinski definition) is 3. The zero-order valence-electron chi connectivity index (χ0n) is 12.7. The molecule has 0 bridgehead atoms. The third kappa shape index (κ3) is 2.87. The predicted molar refractivity (Wildman–Crippen MR) is 80.5 cm³/mol. The lowest BCUT2D eigenvalue weighted by atomic mass is 10.2. The molecule has 2 rings (SSSR count). The molecule has 2 aromatic rings. The molecule has 0 radical (unpaired) electrons. The highest BCUT2D eigenvalue weighted by molar-refractivity contribution is 6.74. The highest BCUT2D eigenvalue weighted by atomic mass is 28.4. The summed E-state index contributed by atoms with van der Waals surface area (Å²) in [7, 11) is 0.249. The Bertz CT molecular complexity index is 584. The molecule has 5 heteroatoms. The molecule has 0 unspecified atom stereocenters. The summed E-state index contributed by atoms with van der Waals surface area (Å²) in [6.07, 6.45) is 3.67. The summed E-state index contributed by atoms with van der Waals surface area (Å²) in [5, 5.41) is 0.232. The molecule has 2 aromatic heterocycles. The lowest BCUT2D eigenvalue weighted by molar-refractivity contribution is 0.276. The standard InChI is InChI=1S/C14H23N3OSi/c1-14(2,3)19(5,6)18-9-11-7-12-13(15-8-11)17(4)10-16-12/h7-8,10H,9H2,1-6H3. The number of imidazole rings is 1. The van der Waals surface area contributed by atoms with Crippen LogP contribution in [0.25, 0.3) is 11.2 Å². The zero-order chi connectivity index (χ0) is 14.3. The van der Waals surface area contributed by atoms with Gasteiger partial charge in [-0.3, -0.25) is 0 Å². The third-order valence-corrected chi connectivity index (χ3v) is 8.49. The second-order valence-electron chi connectivity index (χ2n) is 6.59. The summed E-state index contributed by atoms with van der Waals surface area (Å²) in [6, 6.07) is 2.06. The normalized spacial score (nSPS) is 13.2. The Kier molecular flexibility index (Phi) is 3.53. The number of hydrogen-bond donors (Lipinski definition) is 0. The number of aryl methyl sites for hydroxylation is 1. The van der Waals surface area contributed by atoms with Crippen molar-refractivity contribution in [2.45, 2.75) is 45.5 Å². The van der Waals surface area contributed by atoms with Crippen molar-refractivity contribution < 1.29 is 4.43 Å². The zero-order valence-corrected chi connectivity index (χ0v) is 13.7. The summed E-state index contributed by atoms with van der Waals surface area (Å²) in [4.78, 5) is 8.77. The SMILES string of the molecule is Cn1cnc2cc(CO[Si](C)(C)C(C)(C)C)cnc21. The lowest BCUT2D eigenvalue weighted by Gasteiger charge is -2.36. The molecular formula is C14H23N3OSi. The molecule has 0 aliphatic heterocycles.